The maximum absolute atomic E-state index is 11.9. The fourth-order valence-electron chi connectivity index (χ4n) is 1.46. The van der Waals surface area contributed by atoms with Crippen molar-refractivity contribution in [2.24, 2.45) is 11.3 Å². The number of hydrogen-bond acceptors (Lipinski definition) is 3. The molecule has 6 heteroatoms. The van der Waals surface area contributed by atoms with Crippen molar-refractivity contribution >= 4 is 12.0 Å². The van der Waals surface area contributed by atoms with Gasteiger partial charge in [0.15, 0.2) is 0 Å². The highest BCUT2D eigenvalue weighted by atomic mass is 16.4. The fourth-order valence-corrected chi connectivity index (χ4v) is 1.46. The van der Waals surface area contributed by atoms with Crippen LogP contribution >= 0.6 is 0 Å². The smallest absolute Gasteiger partial charge is 0.317 e. The van der Waals surface area contributed by atoms with Gasteiger partial charge in [0.25, 0.3) is 0 Å². The maximum atomic E-state index is 11.9. The van der Waals surface area contributed by atoms with Gasteiger partial charge in [0, 0.05) is 19.6 Å². The second kappa shape index (κ2) is 7.62. The van der Waals surface area contributed by atoms with E-state index in [1.165, 1.54) is 4.90 Å². The highest BCUT2D eigenvalue weighted by Crippen LogP contribution is 2.19. The van der Waals surface area contributed by atoms with E-state index in [0.29, 0.717) is 19.5 Å². The molecule has 0 aromatic carbocycles. The van der Waals surface area contributed by atoms with Gasteiger partial charge in [-0.3, -0.25) is 4.79 Å². The molecule has 0 aliphatic heterocycles. The molecule has 0 aromatic rings. The predicted octanol–water partition coefficient (Wildman–Crippen LogP) is 1.68. The number of carboxylic acids is 1. The Hall–Kier alpha value is -1.77. The van der Waals surface area contributed by atoms with E-state index in [0.717, 1.165) is 0 Å². The number of amides is 2. The molecule has 2 amide bonds. The quantitative estimate of drug-likeness (QED) is 0.735. The highest BCUT2D eigenvalue weighted by Gasteiger charge is 2.32. The summed E-state index contributed by atoms with van der Waals surface area (Å²) in [4.78, 5) is 24.5. The topological polar surface area (TPSA) is 93.4 Å². The second-order valence-corrected chi connectivity index (χ2v) is 4.95. The van der Waals surface area contributed by atoms with Crippen molar-refractivity contribution in [2.45, 2.75) is 34.1 Å². The molecule has 2 N–H and O–H groups in total. The van der Waals surface area contributed by atoms with E-state index in [1.54, 1.807) is 20.8 Å². The minimum atomic E-state index is -0.962. The lowest BCUT2D eigenvalue weighted by atomic mass is 9.88. The van der Waals surface area contributed by atoms with Gasteiger partial charge >= 0.3 is 12.0 Å². The van der Waals surface area contributed by atoms with Gasteiger partial charge in [-0.1, -0.05) is 6.92 Å². The molecule has 0 aromatic heterocycles. The van der Waals surface area contributed by atoms with Crippen LogP contribution in [-0.2, 0) is 4.79 Å². The number of carbonyl (C=O) groups is 2. The molecule has 2 unspecified atom stereocenters. The molecule has 0 spiro atoms. The average Bonchev–Trinajstić information content (AvgIpc) is 2.40. The molecule has 0 radical (unpaired) electrons. The van der Waals surface area contributed by atoms with Gasteiger partial charge in [0.2, 0.25) is 0 Å². The summed E-state index contributed by atoms with van der Waals surface area (Å²) < 4.78 is 0. The van der Waals surface area contributed by atoms with Gasteiger partial charge in [-0.05, 0) is 27.2 Å². The number of hydrogen-bond donors (Lipinski definition) is 2. The van der Waals surface area contributed by atoms with Crippen LogP contribution in [0.2, 0.25) is 0 Å². The summed E-state index contributed by atoms with van der Waals surface area (Å²) in [5.74, 6) is -1.17. The normalized spacial score (nSPS) is 14.9. The fraction of sp³-hybridized carbons (Fsp3) is 0.769. The zero-order chi connectivity index (χ0) is 15.1. The van der Waals surface area contributed by atoms with E-state index >= 15 is 0 Å². The molecule has 108 valence electrons. The molecule has 0 bridgehead atoms. The Morgan fingerprint density at radius 1 is 1.47 bits per heavy atom. The van der Waals surface area contributed by atoms with Gasteiger partial charge in [-0.25, -0.2) is 4.79 Å². The van der Waals surface area contributed by atoms with Crippen LogP contribution in [0.4, 0.5) is 4.79 Å². The summed E-state index contributed by atoms with van der Waals surface area (Å²) in [6.07, 6.45) is 0.434. The lowest BCUT2D eigenvalue weighted by Crippen LogP contribution is -2.47. The Morgan fingerprint density at radius 3 is 2.42 bits per heavy atom. The molecule has 6 nitrogen and oxygen atoms in total. The predicted molar refractivity (Wildman–Crippen MR) is 71.5 cm³/mol. The van der Waals surface area contributed by atoms with Crippen molar-refractivity contribution in [2.75, 3.05) is 19.6 Å². The first-order chi connectivity index (χ1) is 8.80. The van der Waals surface area contributed by atoms with Gasteiger partial charge in [0.1, 0.15) is 0 Å². The molecule has 0 saturated carbocycles. The van der Waals surface area contributed by atoms with E-state index in [2.05, 4.69) is 11.4 Å². The Bertz CT molecular complexity index is 365. The molecule has 0 rings (SSSR count). The van der Waals surface area contributed by atoms with Crippen molar-refractivity contribution in [3.63, 3.8) is 0 Å². The zero-order valence-electron chi connectivity index (χ0n) is 12.1. The van der Waals surface area contributed by atoms with Crippen LogP contribution in [0.1, 0.15) is 34.1 Å². The number of nitrogens with zero attached hydrogens (tertiary/aromatic N) is 2. The van der Waals surface area contributed by atoms with Crippen LogP contribution in [0.25, 0.3) is 0 Å². The molecule has 0 aliphatic carbocycles. The second-order valence-electron chi connectivity index (χ2n) is 4.95. The summed E-state index contributed by atoms with van der Waals surface area (Å²) in [7, 11) is 0. The summed E-state index contributed by atoms with van der Waals surface area (Å²) in [5.41, 5.74) is -0.962. The van der Waals surface area contributed by atoms with Gasteiger partial charge < -0.3 is 15.3 Å². The Balaban J connectivity index is 4.51. The molecular weight excluding hydrogens is 246 g/mol. The first-order valence-electron chi connectivity index (χ1n) is 6.46. The first-order valence-corrected chi connectivity index (χ1v) is 6.46. The van der Waals surface area contributed by atoms with Crippen molar-refractivity contribution in [1.82, 2.24) is 10.2 Å². The number of carbonyl (C=O) groups excluding carboxylic acids is 1. The number of carboxylic acid groups (broad SMARTS) is 1. The third kappa shape index (κ3) is 5.16. The molecular formula is C13H23N3O3. The SMILES string of the molecule is CCN(CC(C)C#N)C(=O)NCC(C)(CC)C(=O)O. The third-order valence-electron chi connectivity index (χ3n) is 3.31. The third-order valence-corrected chi connectivity index (χ3v) is 3.31. The lowest BCUT2D eigenvalue weighted by Gasteiger charge is -2.27. The van der Waals surface area contributed by atoms with E-state index in [-0.39, 0.29) is 18.5 Å². The monoisotopic (exact) mass is 269 g/mol. The van der Waals surface area contributed by atoms with Crippen molar-refractivity contribution in [3.05, 3.63) is 0 Å². The molecule has 0 heterocycles. The Labute approximate surface area is 114 Å². The summed E-state index contributed by atoms with van der Waals surface area (Å²) in [5, 5.41) is 20.5. The molecule has 0 saturated heterocycles. The van der Waals surface area contributed by atoms with Gasteiger partial charge in [0.05, 0.1) is 17.4 Å². The Morgan fingerprint density at radius 2 is 2.05 bits per heavy atom. The summed E-state index contributed by atoms with van der Waals surface area (Å²) >= 11 is 0. The summed E-state index contributed by atoms with van der Waals surface area (Å²) in [6, 6.07) is 1.74. The average molecular weight is 269 g/mol. The van der Waals surface area contributed by atoms with Gasteiger partial charge in [-0.15, -0.1) is 0 Å². The van der Waals surface area contributed by atoms with Gasteiger partial charge in [-0.2, -0.15) is 5.26 Å². The van der Waals surface area contributed by atoms with Crippen LogP contribution in [0.15, 0.2) is 0 Å². The maximum Gasteiger partial charge on any atom is 0.317 e. The first kappa shape index (κ1) is 17.2. The van der Waals surface area contributed by atoms with E-state index in [9.17, 15) is 9.59 Å². The minimum Gasteiger partial charge on any atom is -0.481 e. The molecule has 19 heavy (non-hydrogen) atoms. The largest absolute Gasteiger partial charge is 0.481 e. The number of urea groups is 1. The standard InChI is InChI=1S/C13H23N3O3/c1-5-13(4,11(17)18)9-15-12(19)16(6-2)8-10(3)7-14/h10H,5-6,8-9H2,1-4H3,(H,15,19)(H,17,18). The van der Waals surface area contributed by atoms with Crippen LogP contribution < -0.4 is 5.32 Å². The van der Waals surface area contributed by atoms with Crippen LogP contribution in [0.3, 0.4) is 0 Å². The molecule has 0 aliphatic rings. The van der Waals surface area contributed by atoms with E-state index in [4.69, 9.17) is 10.4 Å². The highest BCUT2D eigenvalue weighted by molar-refractivity contribution is 5.77. The number of rotatable bonds is 7. The lowest BCUT2D eigenvalue weighted by molar-refractivity contribution is -0.147. The zero-order valence-corrected chi connectivity index (χ0v) is 12.1. The number of nitriles is 1. The summed E-state index contributed by atoms with van der Waals surface area (Å²) in [6.45, 7) is 7.83. The minimum absolute atomic E-state index is 0.0785. The van der Waals surface area contributed by atoms with Crippen LogP contribution in [0, 0.1) is 22.7 Å². The van der Waals surface area contributed by atoms with Crippen molar-refractivity contribution in [1.29, 1.82) is 5.26 Å². The number of nitrogens with one attached hydrogen (secondary N) is 1. The molecule has 0 fully saturated rings. The van der Waals surface area contributed by atoms with Crippen molar-refractivity contribution in [3.8, 4) is 6.07 Å². The van der Waals surface area contributed by atoms with Crippen LogP contribution in [0.5, 0.6) is 0 Å². The Kier molecular flexibility index (Phi) is 6.91. The number of aliphatic carboxylic acids is 1. The molecule has 2 atom stereocenters. The van der Waals surface area contributed by atoms with E-state index < -0.39 is 11.4 Å². The van der Waals surface area contributed by atoms with Crippen molar-refractivity contribution < 1.29 is 14.7 Å². The van der Waals surface area contributed by atoms with E-state index in [1.807, 2.05) is 6.92 Å². The van der Waals surface area contributed by atoms with Crippen LogP contribution in [-0.4, -0.2) is 41.6 Å².